The Morgan fingerprint density at radius 3 is 2.64 bits per heavy atom. The Balaban J connectivity index is 1.96. The van der Waals surface area contributed by atoms with E-state index < -0.39 is 5.97 Å². The molecule has 5 heteroatoms. The third-order valence-corrected chi connectivity index (χ3v) is 3.79. The van der Waals surface area contributed by atoms with E-state index in [9.17, 15) is 9.59 Å². The maximum absolute atomic E-state index is 12.8. The quantitative estimate of drug-likeness (QED) is 0.799. The van der Waals surface area contributed by atoms with Gasteiger partial charge >= 0.3 is 5.97 Å². The third-order valence-electron chi connectivity index (χ3n) is 3.79. The summed E-state index contributed by atoms with van der Waals surface area (Å²) in [5.41, 5.74) is 2.43. The topological polar surface area (TPSA) is 59.5 Å². The maximum atomic E-state index is 12.8. The van der Waals surface area contributed by atoms with Crippen molar-refractivity contribution in [2.45, 2.75) is 19.4 Å². The molecule has 1 aliphatic heterocycles. The predicted molar refractivity (Wildman–Crippen MR) is 82.0 cm³/mol. The van der Waals surface area contributed by atoms with Crippen LogP contribution in [0.15, 0.2) is 42.5 Å². The third kappa shape index (κ3) is 2.35. The van der Waals surface area contributed by atoms with Gasteiger partial charge in [-0.05, 0) is 37.1 Å². The number of fused-ring (bicyclic) bond motifs is 1. The molecule has 2 heterocycles. The molecule has 22 heavy (non-hydrogen) atoms. The van der Waals surface area contributed by atoms with Crippen LogP contribution in [0.2, 0.25) is 0 Å². The van der Waals surface area contributed by atoms with E-state index in [2.05, 4.69) is 9.72 Å². The van der Waals surface area contributed by atoms with Gasteiger partial charge in [0, 0.05) is 11.7 Å². The molecule has 1 amide bonds. The average Bonchev–Trinajstić information content (AvgIpc) is 2.89. The van der Waals surface area contributed by atoms with Crippen LogP contribution in [0.1, 0.15) is 33.5 Å². The van der Waals surface area contributed by atoms with Gasteiger partial charge in [-0.1, -0.05) is 24.3 Å². The second-order valence-corrected chi connectivity index (χ2v) is 5.26. The first kappa shape index (κ1) is 14.3. The highest BCUT2D eigenvalue weighted by molar-refractivity contribution is 6.07. The molecule has 0 N–H and O–H groups in total. The lowest BCUT2D eigenvalue weighted by atomic mass is 10.1. The number of aromatic nitrogens is 1. The summed E-state index contributed by atoms with van der Waals surface area (Å²) in [6.07, 6.45) is 0.818. The zero-order chi connectivity index (χ0) is 15.7. The summed E-state index contributed by atoms with van der Waals surface area (Å²) in [5, 5.41) is 0. The predicted octanol–water partition coefficient (Wildman–Crippen LogP) is 2.46. The van der Waals surface area contributed by atoms with Gasteiger partial charge in [0.25, 0.3) is 5.91 Å². The van der Waals surface area contributed by atoms with Crippen molar-refractivity contribution in [2.24, 2.45) is 0 Å². The molecule has 0 aliphatic carbocycles. The van der Waals surface area contributed by atoms with Crippen LogP contribution >= 0.6 is 0 Å². The first-order valence-electron chi connectivity index (χ1n) is 7.08. The van der Waals surface area contributed by atoms with Crippen LogP contribution in [0.3, 0.4) is 0 Å². The molecule has 112 valence electrons. The lowest BCUT2D eigenvalue weighted by Gasteiger charge is -2.22. The van der Waals surface area contributed by atoms with Gasteiger partial charge in [0.05, 0.1) is 7.11 Å². The minimum Gasteiger partial charge on any atom is -0.464 e. The Kier molecular flexibility index (Phi) is 3.63. The van der Waals surface area contributed by atoms with Crippen LogP contribution in [-0.4, -0.2) is 30.0 Å². The molecule has 1 atom stereocenters. The minimum absolute atomic E-state index is 0.0634. The molecule has 0 fully saturated rings. The van der Waals surface area contributed by atoms with E-state index in [4.69, 9.17) is 0 Å². The molecule has 1 aromatic carbocycles. The molecule has 0 saturated carbocycles. The fraction of sp³-hybridized carbons (Fsp3) is 0.235. The second kappa shape index (κ2) is 5.60. The van der Waals surface area contributed by atoms with Gasteiger partial charge in [0.2, 0.25) is 0 Å². The molecule has 1 unspecified atom stereocenters. The molecule has 5 nitrogen and oxygen atoms in total. The van der Waals surface area contributed by atoms with E-state index in [0.29, 0.717) is 0 Å². The van der Waals surface area contributed by atoms with Gasteiger partial charge in [-0.15, -0.1) is 0 Å². The molecule has 1 aromatic heterocycles. The highest BCUT2D eigenvalue weighted by Crippen LogP contribution is 2.32. The Morgan fingerprint density at radius 2 is 1.86 bits per heavy atom. The Hall–Kier alpha value is -2.69. The van der Waals surface area contributed by atoms with Crippen LogP contribution in [0, 0.1) is 0 Å². The van der Waals surface area contributed by atoms with Crippen molar-refractivity contribution in [2.75, 3.05) is 12.0 Å². The maximum Gasteiger partial charge on any atom is 0.356 e. The van der Waals surface area contributed by atoms with E-state index in [-0.39, 0.29) is 23.3 Å². The molecule has 1 aliphatic rings. The Morgan fingerprint density at radius 1 is 1.14 bits per heavy atom. The number of carbonyl (C=O) groups is 2. The van der Waals surface area contributed by atoms with Crippen molar-refractivity contribution in [1.82, 2.24) is 4.98 Å². The number of ether oxygens (including phenoxy) is 1. The number of esters is 1. The molecule has 0 radical (unpaired) electrons. The number of carbonyl (C=O) groups excluding carboxylic acids is 2. The van der Waals surface area contributed by atoms with Crippen LogP contribution in [0.25, 0.3) is 0 Å². The van der Waals surface area contributed by atoms with E-state index in [1.165, 1.54) is 13.2 Å². The number of rotatable bonds is 2. The van der Waals surface area contributed by atoms with Gasteiger partial charge in [-0.25, -0.2) is 9.78 Å². The lowest BCUT2D eigenvalue weighted by Crippen LogP contribution is -2.36. The molecular formula is C17H16N2O3. The zero-order valence-electron chi connectivity index (χ0n) is 12.4. The molecule has 0 saturated heterocycles. The first-order chi connectivity index (χ1) is 10.6. The molecule has 2 aromatic rings. The van der Waals surface area contributed by atoms with Gasteiger partial charge in [0.1, 0.15) is 11.4 Å². The largest absolute Gasteiger partial charge is 0.464 e. The first-order valence-corrected chi connectivity index (χ1v) is 7.08. The summed E-state index contributed by atoms with van der Waals surface area (Å²) in [4.78, 5) is 30.2. The van der Waals surface area contributed by atoms with Gasteiger partial charge < -0.3 is 9.64 Å². The van der Waals surface area contributed by atoms with Gasteiger partial charge in [-0.2, -0.15) is 0 Å². The number of nitrogens with zero attached hydrogens (tertiary/aromatic N) is 2. The van der Waals surface area contributed by atoms with Gasteiger partial charge in [0.15, 0.2) is 0 Å². The highest BCUT2D eigenvalue weighted by atomic mass is 16.5. The number of benzene rings is 1. The summed E-state index contributed by atoms with van der Waals surface area (Å²) >= 11 is 0. The van der Waals surface area contributed by atoms with Crippen LogP contribution in [-0.2, 0) is 11.2 Å². The van der Waals surface area contributed by atoms with Crippen molar-refractivity contribution in [3.63, 3.8) is 0 Å². The Bertz CT molecular complexity index is 742. The van der Waals surface area contributed by atoms with Crippen molar-refractivity contribution in [3.8, 4) is 0 Å². The fourth-order valence-electron chi connectivity index (χ4n) is 2.77. The number of amides is 1. The molecule has 0 spiro atoms. The molecule has 3 rings (SSSR count). The number of hydrogen-bond donors (Lipinski definition) is 0. The van der Waals surface area contributed by atoms with E-state index in [1.807, 2.05) is 31.2 Å². The van der Waals surface area contributed by atoms with Crippen LogP contribution in [0.5, 0.6) is 0 Å². The summed E-state index contributed by atoms with van der Waals surface area (Å²) in [6, 6.07) is 12.7. The molecule has 0 bridgehead atoms. The lowest BCUT2D eigenvalue weighted by molar-refractivity contribution is 0.0594. The van der Waals surface area contributed by atoms with E-state index >= 15 is 0 Å². The number of methoxy groups -OCH3 is 1. The zero-order valence-corrected chi connectivity index (χ0v) is 12.4. The average molecular weight is 296 g/mol. The van der Waals surface area contributed by atoms with E-state index in [0.717, 1.165) is 17.7 Å². The Labute approximate surface area is 128 Å². The van der Waals surface area contributed by atoms with Crippen molar-refractivity contribution < 1.29 is 14.3 Å². The van der Waals surface area contributed by atoms with Crippen LogP contribution < -0.4 is 4.90 Å². The number of pyridine rings is 1. The molecular weight excluding hydrogens is 280 g/mol. The van der Waals surface area contributed by atoms with Crippen molar-refractivity contribution >= 4 is 17.6 Å². The fourth-order valence-corrected chi connectivity index (χ4v) is 2.77. The number of hydrogen-bond acceptors (Lipinski definition) is 4. The van der Waals surface area contributed by atoms with Crippen LogP contribution in [0.4, 0.5) is 5.69 Å². The standard InChI is InChI=1S/C17H16N2O3/c1-11-10-12-6-3-4-9-15(12)19(11)16(20)13-7-5-8-14(18-13)17(21)22-2/h3-9,11H,10H2,1-2H3. The minimum atomic E-state index is -0.551. The van der Waals surface area contributed by atoms with E-state index in [1.54, 1.807) is 17.0 Å². The summed E-state index contributed by atoms with van der Waals surface area (Å²) in [5.74, 6) is -0.757. The number of para-hydroxylation sites is 1. The smallest absolute Gasteiger partial charge is 0.356 e. The van der Waals surface area contributed by atoms with Gasteiger partial charge in [-0.3, -0.25) is 4.79 Å². The normalized spacial score (nSPS) is 16.3. The van der Waals surface area contributed by atoms with Crippen molar-refractivity contribution in [3.05, 3.63) is 59.4 Å². The highest BCUT2D eigenvalue weighted by Gasteiger charge is 2.32. The second-order valence-electron chi connectivity index (χ2n) is 5.26. The number of anilines is 1. The summed E-state index contributed by atoms with van der Waals surface area (Å²) < 4.78 is 4.65. The summed E-state index contributed by atoms with van der Waals surface area (Å²) in [7, 11) is 1.29. The summed E-state index contributed by atoms with van der Waals surface area (Å²) in [6.45, 7) is 2.00. The van der Waals surface area contributed by atoms with Crippen molar-refractivity contribution in [1.29, 1.82) is 0 Å². The SMILES string of the molecule is COC(=O)c1cccc(C(=O)N2c3ccccc3CC2C)n1. The monoisotopic (exact) mass is 296 g/mol.